The van der Waals surface area contributed by atoms with Crippen LogP contribution in [0, 0.1) is 26.4 Å². The van der Waals surface area contributed by atoms with E-state index in [1.165, 1.54) is 24.3 Å². The molecule has 0 aromatic heterocycles. The van der Waals surface area contributed by atoms with Gasteiger partial charge < -0.3 is 5.32 Å². The number of nitro benzene ring substituents is 1. The Morgan fingerprint density at radius 1 is 0.846 bits per heavy atom. The Kier molecular flexibility index (Phi) is 6.33. The summed E-state index contributed by atoms with van der Waals surface area (Å²) in [7, 11) is 0. The first-order valence-electron chi connectivity index (χ1n) is 12.6. The second-order valence-electron chi connectivity index (χ2n) is 10.6. The summed E-state index contributed by atoms with van der Waals surface area (Å²) in [5.74, 6) is -0.665. The number of carbonyl (C=O) groups excluding carboxylic acids is 2. The number of hydrogen-bond acceptors (Lipinski definition) is 8. The number of nitrogens with zero attached hydrogens (tertiary/aromatic N) is 4. The number of Topliss-reactive ketones (excluding diaryl/α,β-unsaturated/α-hetero) is 1. The highest BCUT2D eigenvalue weighted by molar-refractivity contribution is 6.51. The fourth-order valence-corrected chi connectivity index (χ4v) is 5.71. The number of hydrazone groups is 1. The molecule has 0 spiro atoms. The van der Waals surface area contributed by atoms with Crippen LogP contribution in [-0.4, -0.2) is 22.3 Å². The first-order valence-corrected chi connectivity index (χ1v) is 12.6. The fourth-order valence-electron chi connectivity index (χ4n) is 5.71. The predicted molar refractivity (Wildman–Crippen MR) is 148 cm³/mol. The zero-order chi connectivity index (χ0) is 27.8. The lowest BCUT2D eigenvalue weighted by Crippen LogP contribution is -2.47. The minimum absolute atomic E-state index is 0.0415. The zero-order valence-corrected chi connectivity index (χ0v) is 21.8. The standard InChI is InChI=1S/C29H28N6O4/c1-27(2)28(3)17-18-29(27,25(36)24(28)34-33-22-13-15-23(16-14-22)35(38)39)26(37)30-19-9-11-21(12-10-19)32-31-20-7-5-4-6-8-20/h4-16,33H,17-18H2,1-3H3,(H,30,37). The van der Waals surface area contributed by atoms with Crippen molar-refractivity contribution < 1.29 is 14.5 Å². The van der Waals surface area contributed by atoms with Crippen molar-refractivity contribution in [3.63, 3.8) is 0 Å². The molecule has 0 radical (unpaired) electrons. The molecule has 3 aromatic carbocycles. The summed E-state index contributed by atoms with van der Waals surface area (Å²) in [5, 5.41) is 26.7. The highest BCUT2D eigenvalue weighted by Crippen LogP contribution is 2.69. The molecule has 2 N–H and O–H groups in total. The van der Waals surface area contributed by atoms with Crippen LogP contribution in [0.3, 0.4) is 0 Å². The SMILES string of the molecule is CC12CCC(C(=O)Nc3ccc(N=Nc4ccccc4)cc3)(C(=O)C1=NNc1ccc([N+](=O)[O-])cc1)C2(C)C. The summed E-state index contributed by atoms with van der Waals surface area (Å²) in [5.41, 5.74) is 2.96. The molecule has 2 unspecified atom stereocenters. The maximum absolute atomic E-state index is 13.8. The molecule has 2 atom stereocenters. The van der Waals surface area contributed by atoms with E-state index in [2.05, 4.69) is 26.1 Å². The second-order valence-corrected chi connectivity index (χ2v) is 10.6. The molecule has 10 heteroatoms. The monoisotopic (exact) mass is 524 g/mol. The Labute approximate surface area is 225 Å². The molecule has 1 amide bonds. The molecule has 3 aromatic rings. The smallest absolute Gasteiger partial charge is 0.269 e. The van der Waals surface area contributed by atoms with Gasteiger partial charge in [-0.3, -0.25) is 25.1 Å². The van der Waals surface area contributed by atoms with Crippen LogP contribution < -0.4 is 10.7 Å². The van der Waals surface area contributed by atoms with Gasteiger partial charge >= 0.3 is 0 Å². The van der Waals surface area contributed by atoms with Gasteiger partial charge in [-0.15, -0.1) is 0 Å². The number of carbonyl (C=O) groups is 2. The van der Waals surface area contributed by atoms with E-state index >= 15 is 0 Å². The number of azo groups is 1. The van der Waals surface area contributed by atoms with Crippen molar-refractivity contribution in [2.45, 2.75) is 33.6 Å². The number of hydrogen-bond donors (Lipinski definition) is 2. The van der Waals surface area contributed by atoms with Crippen LogP contribution in [0.2, 0.25) is 0 Å². The summed E-state index contributed by atoms with van der Waals surface area (Å²) in [4.78, 5) is 38.0. The average molecular weight is 525 g/mol. The number of non-ortho nitro benzene ring substituents is 1. The Bertz CT molecular complexity index is 1500. The molecular weight excluding hydrogens is 496 g/mol. The molecule has 2 aliphatic carbocycles. The van der Waals surface area contributed by atoms with Crippen molar-refractivity contribution in [3.05, 3.63) is 89.0 Å². The van der Waals surface area contributed by atoms with Gasteiger partial charge in [-0.2, -0.15) is 15.3 Å². The molecule has 2 aliphatic rings. The molecule has 5 rings (SSSR count). The summed E-state index contributed by atoms with van der Waals surface area (Å²) >= 11 is 0. The summed E-state index contributed by atoms with van der Waals surface area (Å²) in [6, 6.07) is 22.1. The van der Waals surface area contributed by atoms with Crippen LogP contribution in [0.25, 0.3) is 0 Å². The maximum atomic E-state index is 13.8. The van der Waals surface area contributed by atoms with Gasteiger partial charge in [0.25, 0.3) is 5.69 Å². The van der Waals surface area contributed by atoms with Gasteiger partial charge in [0.1, 0.15) is 11.1 Å². The minimum atomic E-state index is -1.27. The number of rotatable bonds is 7. The Balaban J connectivity index is 1.35. The third kappa shape index (κ3) is 4.18. The van der Waals surface area contributed by atoms with E-state index in [9.17, 15) is 19.7 Å². The quantitative estimate of drug-likeness (QED) is 0.151. The first-order chi connectivity index (χ1) is 18.6. The number of benzene rings is 3. The van der Waals surface area contributed by atoms with Gasteiger partial charge in [0.05, 0.1) is 22.0 Å². The summed E-state index contributed by atoms with van der Waals surface area (Å²) in [6.07, 6.45) is 1.04. The van der Waals surface area contributed by atoms with Crippen LogP contribution in [0.4, 0.5) is 28.4 Å². The zero-order valence-electron chi connectivity index (χ0n) is 21.8. The molecule has 198 valence electrons. The highest BCUT2D eigenvalue weighted by Gasteiger charge is 2.76. The van der Waals surface area contributed by atoms with Crippen LogP contribution in [0.1, 0.15) is 33.6 Å². The van der Waals surface area contributed by atoms with Gasteiger partial charge in [-0.25, -0.2) is 0 Å². The third-order valence-electron chi connectivity index (χ3n) is 8.50. The lowest BCUT2D eigenvalue weighted by Gasteiger charge is -2.37. The summed E-state index contributed by atoms with van der Waals surface area (Å²) < 4.78 is 0. The van der Waals surface area contributed by atoms with Crippen molar-refractivity contribution >= 4 is 45.8 Å². The molecule has 0 saturated heterocycles. The van der Waals surface area contributed by atoms with Crippen molar-refractivity contribution in [2.75, 3.05) is 10.7 Å². The van der Waals surface area contributed by atoms with Crippen molar-refractivity contribution in [1.29, 1.82) is 0 Å². The van der Waals surface area contributed by atoms with E-state index in [1.807, 2.05) is 51.1 Å². The molecule has 2 bridgehead atoms. The van der Waals surface area contributed by atoms with Gasteiger partial charge in [0, 0.05) is 23.2 Å². The Hall–Kier alpha value is -4.73. The van der Waals surface area contributed by atoms with Crippen molar-refractivity contribution in [2.24, 2.45) is 31.6 Å². The molecule has 39 heavy (non-hydrogen) atoms. The third-order valence-corrected chi connectivity index (χ3v) is 8.50. The van der Waals surface area contributed by atoms with Crippen molar-refractivity contribution in [1.82, 2.24) is 0 Å². The normalized spacial score (nSPS) is 24.3. The van der Waals surface area contributed by atoms with Gasteiger partial charge in [0.2, 0.25) is 5.91 Å². The maximum Gasteiger partial charge on any atom is 0.269 e. The fraction of sp³-hybridized carbons (Fsp3) is 0.276. The van der Waals surface area contributed by atoms with Gasteiger partial charge in [0.15, 0.2) is 5.78 Å². The number of anilines is 2. The van der Waals surface area contributed by atoms with E-state index < -0.39 is 21.2 Å². The lowest BCUT2D eigenvalue weighted by atomic mass is 9.64. The van der Waals surface area contributed by atoms with Gasteiger partial charge in [-0.05, 0) is 66.8 Å². The molecule has 2 saturated carbocycles. The van der Waals surface area contributed by atoms with Crippen LogP contribution >= 0.6 is 0 Å². The van der Waals surface area contributed by atoms with Crippen LogP contribution in [0.5, 0.6) is 0 Å². The summed E-state index contributed by atoms with van der Waals surface area (Å²) in [6.45, 7) is 5.85. The predicted octanol–water partition coefficient (Wildman–Crippen LogP) is 6.81. The first kappa shape index (κ1) is 25.9. The van der Waals surface area contributed by atoms with Crippen LogP contribution in [0.15, 0.2) is 94.2 Å². The Morgan fingerprint density at radius 3 is 2.05 bits per heavy atom. The number of fused-ring (bicyclic) bond motifs is 2. The van der Waals surface area contributed by atoms with Crippen molar-refractivity contribution in [3.8, 4) is 0 Å². The largest absolute Gasteiger partial charge is 0.325 e. The van der Waals surface area contributed by atoms with Gasteiger partial charge in [-0.1, -0.05) is 39.0 Å². The van der Waals surface area contributed by atoms with Crippen LogP contribution in [-0.2, 0) is 9.59 Å². The average Bonchev–Trinajstić information content (AvgIpc) is 3.21. The van der Waals surface area contributed by atoms with E-state index in [0.29, 0.717) is 35.6 Å². The highest BCUT2D eigenvalue weighted by atomic mass is 16.6. The number of nitro groups is 1. The van der Waals surface area contributed by atoms with E-state index in [0.717, 1.165) is 5.69 Å². The lowest BCUT2D eigenvalue weighted by molar-refractivity contribution is -0.384. The topological polar surface area (TPSA) is 138 Å². The molecule has 2 fully saturated rings. The minimum Gasteiger partial charge on any atom is -0.325 e. The Morgan fingerprint density at radius 2 is 1.44 bits per heavy atom. The molecule has 0 aliphatic heterocycles. The van der Waals surface area contributed by atoms with E-state index in [1.54, 1.807) is 24.3 Å². The second kappa shape index (κ2) is 9.54. The number of nitrogens with one attached hydrogen (secondary N) is 2. The number of amides is 1. The molecular formula is C29H28N6O4. The molecule has 10 nitrogen and oxygen atoms in total. The molecule has 0 heterocycles. The van der Waals surface area contributed by atoms with E-state index in [4.69, 9.17) is 0 Å². The number of ketones is 1. The van der Waals surface area contributed by atoms with E-state index in [-0.39, 0.29) is 17.4 Å².